The van der Waals surface area contributed by atoms with Crippen molar-refractivity contribution in [3.63, 3.8) is 0 Å². The number of aromatic amines is 1. The average molecular weight is 515 g/mol. The fraction of sp³-hybridized carbons (Fsp3) is 0.276. The third-order valence-electron chi connectivity index (χ3n) is 7.05. The molecule has 2 aromatic carbocycles. The highest BCUT2D eigenvalue weighted by molar-refractivity contribution is 7.16. The number of hydrogen-bond donors (Lipinski definition) is 2. The zero-order valence-electron chi connectivity index (χ0n) is 20.4. The number of pyridine rings is 1. The SMILES string of the molecule is COc1c(-c2cc3c(s2)CCC/C3=N\OCc2ccccc2)c(C2CC2)cc2c(=O)c(C(=O)O)c[nH]c12. The molecule has 0 amide bonds. The Bertz CT molecular complexity index is 1600. The monoisotopic (exact) mass is 514 g/mol. The van der Waals surface area contributed by atoms with Gasteiger partial charge in [0.1, 0.15) is 12.2 Å². The van der Waals surface area contributed by atoms with Gasteiger partial charge >= 0.3 is 5.97 Å². The lowest BCUT2D eigenvalue weighted by Gasteiger charge is -2.16. The molecule has 2 heterocycles. The summed E-state index contributed by atoms with van der Waals surface area (Å²) in [6, 6.07) is 14.0. The number of carboxylic acid groups (broad SMARTS) is 1. The minimum Gasteiger partial charge on any atom is -0.494 e. The molecule has 2 N–H and O–H groups in total. The van der Waals surface area contributed by atoms with Crippen molar-refractivity contribution in [2.24, 2.45) is 5.16 Å². The number of carbonyl (C=O) groups is 1. The van der Waals surface area contributed by atoms with E-state index in [0.717, 1.165) is 64.9 Å². The Hall–Kier alpha value is -3.91. The zero-order valence-corrected chi connectivity index (χ0v) is 21.2. The molecule has 0 spiro atoms. The molecule has 1 saturated carbocycles. The van der Waals surface area contributed by atoms with Gasteiger partial charge in [0.25, 0.3) is 0 Å². The summed E-state index contributed by atoms with van der Waals surface area (Å²) in [5.74, 6) is -0.347. The average Bonchev–Trinajstić information content (AvgIpc) is 3.66. The molecule has 8 heteroatoms. The molecule has 0 atom stereocenters. The van der Waals surface area contributed by atoms with Crippen molar-refractivity contribution < 1.29 is 19.5 Å². The number of aromatic nitrogens is 1. The molecule has 2 aliphatic carbocycles. The second-order valence-electron chi connectivity index (χ2n) is 9.51. The number of hydrogen-bond acceptors (Lipinski definition) is 6. The van der Waals surface area contributed by atoms with E-state index in [9.17, 15) is 14.7 Å². The van der Waals surface area contributed by atoms with Gasteiger partial charge in [-0.15, -0.1) is 11.3 Å². The van der Waals surface area contributed by atoms with Gasteiger partial charge in [0, 0.05) is 27.1 Å². The van der Waals surface area contributed by atoms with Crippen LogP contribution in [0.3, 0.4) is 0 Å². The summed E-state index contributed by atoms with van der Waals surface area (Å²) in [6.45, 7) is 0.423. The van der Waals surface area contributed by atoms with Crippen molar-refractivity contribution in [2.75, 3.05) is 7.11 Å². The Labute approximate surface area is 217 Å². The Kier molecular flexibility index (Phi) is 6.04. The van der Waals surface area contributed by atoms with Crippen LogP contribution in [-0.2, 0) is 17.9 Å². The predicted octanol–water partition coefficient (Wildman–Crippen LogP) is 6.10. The molecule has 0 aliphatic heterocycles. The lowest BCUT2D eigenvalue weighted by molar-refractivity contribution is 0.0695. The van der Waals surface area contributed by atoms with Crippen molar-refractivity contribution in [2.45, 2.75) is 44.6 Å². The molecule has 2 aromatic heterocycles. The van der Waals surface area contributed by atoms with Gasteiger partial charge in [-0.05, 0) is 61.3 Å². The van der Waals surface area contributed by atoms with E-state index in [1.54, 1.807) is 18.4 Å². The second-order valence-corrected chi connectivity index (χ2v) is 10.6. The Morgan fingerprint density at radius 2 is 2.00 bits per heavy atom. The fourth-order valence-corrected chi connectivity index (χ4v) is 6.36. The maximum absolute atomic E-state index is 13.0. The van der Waals surface area contributed by atoms with Gasteiger partial charge in [-0.3, -0.25) is 4.79 Å². The Morgan fingerprint density at radius 1 is 1.19 bits per heavy atom. The Morgan fingerprint density at radius 3 is 2.73 bits per heavy atom. The van der Waals surface area contributed by atoms with Crippen LogP contribution in [0.2, 0.25) is 0 Å². The summed E-state index contributed by atoms with van der Waals surface area (Å²) in [5.41, 5.74) is 4.89. The van der Waals surface area contributed by atoms with Gasteiger partial charge < -0.3 is 19.7 Å². The van der Waals surface area contributed by atoms with Crippen molar-refractivity contribution in [3.05, 3.63) is 86.0 Å². The predicted molar refractivity (Wildman–Crippen MR) is 144 cm³/mol. The quantitative estimate of drug-likeness (QED) is 0.290. The van der Waals surface area contributed by atoms with E-state index in [4.69, 9.17) is 9.57 Å². The highest BCUT2D eigenvalue weighted by atomic mass is 32.1. The lowest BCUT2D eigenvalue weighted by atomic mass is 9.94. The van der Waals surface area contributed by atoms with Crippen LogP contribution in [0.5, 0.6) is 5.75 Å². The summed E-state index contributed by atoms with van der Waals surface area (Å²) in [4.78, 5) is 35.7. The molecular formula is C29H26N2O5S. The summed E-state index contributed by atoms with van der Waals surface area (Å²) < 4.78 is 5.89. The Balaban J connectivity index is 1.44. The number of ether oxygens (including phenoxy) is 1. The number of oxime groups is 1. The summed E-state index contributed by atoms with van der Waals surface area (Å²) >= 11 is 1.73. The summed E-state index contributed by atoms with van der Waals surface area (Å²) in [6.07, 6.45) is 6.16. The number of benzene rings is 2. The minimum absolute atomic E-state index is 0.271. The van der Waals surface area contributed by atoms with E-state index < -0.39 is 11.4 Å². The van der Waals surface area contributed by atoms with Crippen LogP contribution in [0, 0.1) is 0 Å². The standard InChI is InChI=1S/C29H26N2O5S/c1-35-28-25(18(17-10-11-17)12-20-26(28)30-14-21(27(20)32)29(33)34)24-13-19-22(8-5-9-23(19)37-24)31-36-15-16-6-3-2-4-7-16/h2-4,6-7,12-14,17H,5,8-11,15H2,1H3,(H,30,32)(H,33,34)/b31-22+. The topological polar surface area (TPSA) is 101 Å². The van der Waals surface area contributed by atoms with E-state index in [1.807, 2.05) is 36.4 Å². The molecule has 6 rings (SSSR count). The number of rotatable bonds is 7. The van der Waals surface area contributed by atoms with E-state index in [1.165, 1.54) is 11.1 Å². The van der Waals surface area contributed by atoms with Crippen LogP contribution in [0.15, 0.2) is 58.6 Å². The smallest absolute Gasteiger partial charge is 0.341 e. The number of thiophene rings is 1. The number of methoxy groups -OCH3 is 1. The van der Waals surface area contributed by atoms with Crippen LogP contribution >= 0.6 is 11.3 Å². The van der Waals surface area contributed by atoms with E-state index in [0.29, 0.717) is 29.2 Å². The third-order valence-corrected chi connectivity index (χ3v) is 8.26. The van der Waals surface area contributed by atoms with Crippen molar-refractivity contribution in [3.8, 4) is 16.2 Å². The first kappa shape index (κ1) is 23.5. The van der Waals surface area contributed by atoms with E-state index in [-0.39, 0.29) is 5.56 Å². The zero-order chi connectivity index (χ0) is 25.5. The maximum Gasteiger partial charge on any atom is 0.341 e. The normalized spacial score (nSPS) is 16.1. The van der Waals surface area contributed by atoms with Crippen LogP contribution in [0.1, 0.15) is 63.5 Å². The van der Waals surface area contributed by atoms with Crippen LogP contribution < -0.4 is 10.2 Å². The van der Waals surface area contributed by atoms with Gasteiger partial charge in [-0.25, -0.2) is 4.79 Å². The highest BCUT2D eigenvalue weighted by Crippen LogP contribution is 2.51. The van der Waals surface area contributed by atoms with Gasteiger partial charge in [0.2, 0.25) is 5.43 Å². The van der Waals surface area contributed by atoms with Crippen LogP contribution in [0.25, 0.3) is 21.3 Å². The largest absolute Gasteiger partial charge is 0.494 e. The van der Waals surface area contributed by atoms with Gasteiger partial charge in [0.15, 0.2) is 5.75 Å². The summed E-state index contributed by atoms with van der Waals surface area (Å²) in [7, 11) is 1.59. The lowest BCUT2D eigenvalue weighted by Crippen LogP contribution is -2.16. The highest BCUT2D eigenvalue weighted by Gasteiger charge is 2.32. The van der Waals surface area contributed by atoms with Gasteiger partial charge in [0.05, 0.1) is 23.7 Å². The fourth-order valence-electron chi connectivity index (χ4n) is 5.08. The molecular weight excluding hydrogens is 488 g/mol. The first-order valence-corrected chi connectivity index (χ1v) is 13.2. The first-order valence-electron chi connectivity index (χ1n) is 12.4. The van der Waals surface area contributed by atoms with Gasteiger partial charge in [-0.1, -0.05) is 35.5 Å². The maximum atomic E-state index is 13.0. The number of nitrogens with zero attached hydrogens (tertiary/aromatic N) is 1. The molecule has 37 heavy (non-hydrogen) atoms. The summed E-state index contributed by atoms with van der Waals surface area (Å²) in [5, 5.41) is 14.3. The second kappa shape index (κ2) is 9.52. The molecule has 0 saturated heterocycles. The molecule has 0 radical (unpaired) electrons. The number of H-pyrrole nitrogens is 1. The van der Waals surface area contributed by atoms with E-state index >= 15 is 0 Å². The molecule has 4 aromatic rings. The number of aryl methyl sites for hydroxylation is 1. The van der Waals surface area contributed by atoms with Crippen LogP contribution in [0.4, 0.5) is 0 Å². The molecule has 188 valence electrons. The number of fused-ring (bicyclic) bond motifs is 2. The van der Waals surface area contributed by atoms with Gasteiger partial charge in [-0.2, -0.15) is 0 Å². The number of nitrogens with one attached hydrogen (secondary N) is 1. The van der Waals surface area contributed by atoms with Crippen molar-refractivity contribution in [1.29, 1.82) is 0 Å². The van der Waals surface area contributed by atoms with Crippen LogP contribution in [-0.4, -0.2) is 28.9 Å². The number of aromatic carboxylic acids is 1. The molecule has 0 unspecified atom stereocenters. The first-order chi connectivity index (χ1) is 18.0. The molecule has 0 bridgehead atoms. The molecule has 2 aliphatic rings. The third kappa shape index (κ3) is 4.31. The van der Waals surface area contributed by atoms with Crippen molar-refractivity contribution in [1.82, 2.24) is 4.98 Å². The molecule has 1 fully saturated rings. The minimum atomic E-state index is -1.24. The number of carboxylic acids is 1. The van der Waals surface area contributed by atoms with E-state index in [2.05, 4.69) is 16.2 Å². The van der Waals surface area contributed by atoms with Crippen molar-refractivity contribution >= 4 is 33.9 Å². The molecule has 7 nitrogen and oxygen atoms in total.